The number of aromatic nitrogens is 4. The predicted molar refractivity (Wildman–Crippen MR) is 110 cm³/mol. The molecular formula is C21H25F3N6O. The summed E-state index contributed by atoms with van der Waals surface area (Å²) in [5, 5.41) is 6.86. The highest BCUT2D eigenvalue weighted by Crippen LogP contribution is 2.27. The van der Waals surface area contributed by atoms with Crippen LogP contribution in [0.4, 0.5) is 19.0 Å². The normalized spacial score (nSPS) is 16.0. The van der Waals surface area contributed by atoms with Gasteiger partial charge in [0.05, 0.1) is 7.11 Å². The van der Waals surface area contributed by atoms with Crippen molar-refractivity contribution in [2.75, 3.05) is 32.1 Å². The van der Waals surface area contributed by atoms with E-state index in [1.165, 1.54) is 5.56 Å². The zero-order chi connectivity index (χ0) is 22.0. The molecule has 4 rings (SSSR count). The number of nitrogens with one attached hydrogen (secondary N) is 1. The van der Waals surface area contributed by atoms with Gasteiger partial charge in [0.2, 0.25) is 0 Å². The average Bonchev–Trinajstić information content (AvgIpc) is 3.18. The lowest BCUT2D eigenvalue weighted by atomic mass is 9.96. The van der Waals surface area contributed by atoms with Crippen LogP contribution in [0.15, 0.2) is 30.3 Å². The molecule has 3 aromatic rings. The Hall–Kier alpha value is -2.88. The fourth-order valence-corrected chi connectivity index (χ4v) is 3.82. The molecule has 166 valence electrons. The third-order valence-corrected chi connectivity index (χ3v) is 5.54. The SMILES string of the molecule is COc1ccc(CN2CCC(CNc3cc(C)nc4nc(C(F)(F)F)nn34)CC2)cc1. The number of benzene rings is 1. The third kappa shape index (κ3) is 5.07. The van der Waals surface area contributed by atoms with Crippen LogP contribution in [0.2, 0.25) is 0 Å². The smallest absolute Gasteiger partial charge is 0.453 e. The van der Waals surface area contributed by atoms with Crippen LogP contribution in [0.5, 0.6) is 5.75 Å². The van der Waals surface area contributed by atoms with Gasteiger partial charge < -0.3 is 10.1 Å². The van der Waals surface area contributed by atoms with Gasteiger partial charge in [0, 0.05) is 24.8 Å². The Morgan fingerprint density at radius 1 is 1.13 bits per heavy atom. The van der Waals surface area contributed by atoms with Gasteiger partial charge in [0.1, 0.15) is 11.6 Å². The molecule has 1 aliphatic heterocycles. The van der Waals surface area contributed by atoms with Gasteiger partial charge in [-0.1, -0.05) is 12.1 Å². The maximum Gasteiger partial charge on any atom is 0.453 e. The average molecular weight is 434 g/mol. The van der Waals surface area contributed by atoms with Crippen LogP contribution in [0, 0.1) is 12.8 Å². The Balaban J connectivity index is 1.34. The lowest BCUT2D eigenvalue weighted by Gasteiger charge is -2.32. The second-order valence-electron chi connectivity index (χ2n) is 7.88. The maximum absolute atomic E-state index is 13.0. The fourth-order valence-electron chi connectivity index (χ4n) is 3.82. The van der Waals surface area contributed by atoms with Gasteiger partial charge in [-0.2, -0.15) is 22.7 Å². The molecule has 0 bridgehead atoms. The van der Waals surface area contributed by atoms with E-state index in [-0.39, 0.29) is 5.78 Å². The van der Waals surface area contributed by atoms with Crippen LogP contribution < -0.4 is 10.1 Å². The van der Waals surface area contributed by atoms with E-state index in [4.69, 9.17) is 4.74 Å². The summed E-state index contributed by atoms with van der Waals surface area (Å²) in [6, 6.07) is 9.80. The first-order valence-corrected chi connectivity index (χ1v) is 10.2. The van der Waals surface area contributed by atoms with E-state index in [0.29, 0.717) is 24.0 Å². The number of rotatable bonds is 6. The molecule has 10 heteroatoms. The number of hydrogen-bond donors (Lipinski definition) is 1. The molecule has 1 N–H and O–H groups in total. The van der Waals surface area contributed by atoms with Crippen molar-refractivity contribution in [2.45, 2.75) is 32.5 Å². The third-order valence-electron chi connectivity index (χ3n) is 5.54. The fraction of sp³-hybridized carbons (Fsp3) is 0.476. The summed E-state index contributed by atoms with van der Waals surface area (Å²) in [7, 11) is 1.66. The van der Waals surface area contributed by atoms with Crippen molar-refractivity contribution in [1.29, 1.82) is 0 Å². The van der Waals surface area contributed by atoms with Crippen LogP contribution in [-0.4, -0.2) is 51.2 Å². The largest absolute Gasteiger partial charge is 0.497 e. The zero-order valence-electron chi connectivity index (χ0n) is 17.5. The quantitative estimate of drug-likeness (QED) is 0.637. The van der Waals surface area contributed by atoms with E-state index in [9.17, 15) is 13.2 Å². The molecule has 1 aliphatic rings. The van der Waals surface area contributed by atoms with Gasteiger partial charge in [-0.05, 0) is 56.5 Å². The predicted octanol–water partition coefficient (Wildman–Crippen LogP) is 3.78. The minimum Gasteiger partial charge on any atom is -0.497 e. The maximum atomic E-state index is 13.0. The van der Waals surface area contributed by atoms with E-state index < -0.39 is 12.0 Å². The topological polar surface area (TPSA) is 67.6 Å². The highest BCUT2D eigenvalue weighted by atomic mass is 19.4. The molecule has 7 nitrogen and oxygen atoms in total. The minimum atomic E-state index is -4.60. The lowest BCUT2D eigenvalue weighted by molar-refractivity contribution is -0.144. The van der Waals surface area contributed by atoms with Gasteiger partial charge in [0.15, 0.2) is 0 Å². The van der Waals surface area contributed by atoms with Crippen molar-refractivity contribution in [3.8, 4) is 5.75 Å². The van der Waals surface area contributed by atoms with Crippen LogP contribution in [0.3, 0.4) is 0 Å². The van der Waals surface area contributed by atoms with Crippen LogP contribution in [0.25, 0.3) is 5.78 Å². The Morgan fingerprint density at radius 3 is 2.48 bits per heavy atom. The first-order valence-electron chi connectivity index (χ1n) is 10.2. The summed E-state index contributed by atoms with van der Waals surface area (Å²) < 4.78 is 45.2. The molecule has 1 fully saturated rings. The molecule has 0 radical (unpaired) electrons. The summed E-state index contributed by atoms with van der Waals surface area (Å²) in [5.41, 5.74) is 1.84. The highest BCUT2D eigenvalue weighted by Gasteiger charge is 2.37. The molecule has 0 aliphatic carbocycles. The molecule has 31 heavy (non-hydrogen) atoms. The van der Waals surface area contributed by atoms with Crippen molar-refractivity contribution in [3.63, 3.8) is 0 Å². The summed E-state index contributed by atoms with van der Waals surface area (Å²) in [6.45, 7) is 5.24. The van der Waals surface area contributed by atoms with E-state index in [1.54, 1.807) is 20.1 Å². The molecule has 0 amide bonds. The number of likely N-dealkylation sites (tertiary alicyclic amines) is 1. The molecule has 0 saturated carbocycles. The molecule has 0 spiro atoms. The van der Waals surface area contributed by atoms with Crippen LogP contribution in [0.1, 0.15) is 29.9 Å². The van der Waals surface area contributed by atoms with Crippen LogP contribution in [-0.2, 0) is 12.7 Å². The van der Waals surface area contributed by atoms with Crippen LogP contribution >= 0.6 is 0 Å². The Bertz CT molecular complexity index is 1030. The summed E-state index contributed by atoms with van der Waals surface area (Å²) in [5.74, 6) is 0.528. The molecule has 1 saturated heterocycles. The zero-order valence-corrected chi connectivity index (χ0v) is 17.5. The number of anilines is 1. The lowest BCUT2D eigenvalue weighted by Crippen LogP contribution is -2.35. The molecule has 3 heterocycles. The monoisotopic (exact) mass is 434 g/mol. The summed E-state index contributed by atoms with van der Waals surface area (Å²) in [6.07, 6.45) is -2.57. The number of piperidine rings is 1. The molecule has 0 atom stereocenters. The second-order valence-corrected chi connectivity index (χ2v) is 7.88. The first kappa shape index (κ1) is 21.4. The van der Waals surface area contributed by atoms with Gasteiger partial charge in [-0.3, -0.25) is 4.90 Å². The molecule has 0 unspecified atom stereocenters. The van der Waals surface area contributed by atoms with Gasteiger partial charge in [-0.15, -0.1) is 5.10 Å². The van der Waals surface area contributed by atoms with Crippen molar-refractivity contribution in [3.05, 3.63) is 47.4 Å². The van der Waals surface area contributed by atoms with E-state index in [0.717, 1.165) is 42.7 Å². The molecular weight excluding hydrogens is 409 g/mol. The first-order chi connectivity index (χ1) is 14.8. The van der Waals surface area contributed by atoms with Gasteiger partial charge >= 0.3 is 6.18 Å². The van der Waals surface area contributed by atoms with Crippen molar-refractivity contribution >= 4 is 11.6 Å². The van der Waals surface area contributed by atoms with Gasteiger partial charge in [0.25, 0.3) is 11.6 Å². The number of aryl methyl sites for hydroxylation is 1. The van der Waals surface area contributed by atoms with E-state index in [1.807, 2.05) is 12.1 Å². The molecule has 2 aromatic heterocycles. The highest BCUT2D eigenvalue weighted by molar-refractivity contribution is 5.45. The number of hydrogen-bond acceptors (Lipinski definition) is 6. The number of halogens is 3. The Labute approximate surface area is 178 Å². The van der Waals surface area contributed by atoms with E-state index >= 15 is 0 Å². The summed E-state index contributed by atoms with van der Waals surface area (Å²) >= 11 is 0. The van der Waals surface area contributed by atoms with Crippen molar-refractivity contribution in [2.24, 2.45) is 5.92 Å². The van der Waals surface area contributed by atoms with Crippen molar-refractivity contribution < 1.29 is 17.9 Å². The number of nitrogens with zero attached hydrogens (tertiary/aromatic N) is 5. The minimum absolute atomic E-state index is 0.0517. The summed E-state index contributed by atoms with van der Waals surface area (Å²) in [4.78, 5) is 10.00. The second kappa shape index (κ2) is 8.70. The number of alkyl halides is 3. The van der Waals surface area contributed by atoms with Crippen molar-refractivity contribution in [1.82, 2.24) is 24.5 Å². The standard InChI is InChI=1S/C21H25F3N6O/c1-14-11-18(30-20(26-14)27-19(28-30)21(22,23)24)25-12-15-7-9-29(10-8-15)13-16-3-5-17(31-2)6-4-16/h3-6,11,15,25H,7-10,12-13H2,1-2H3. The number of ether oxygens (including phenoxy) is 1. The number of methoxy groups -OCH3 is 1. The Morgan fingerprint density at radius 2 is 1.84 bits per heavy atom. The molecule has 1 aromatic carbocycles. The number of fused-ring (bicyclic) bond motifs is 1. The van der Waals surface area contributed by atoms with Gasteiger partial charge in [-0.25, -0.2) is 4.98 Å². The van der Waals surface area contributed by atoms with E-state index in [2.05, 4.69) is 37.4 Å². The Kier molecular flexibility index (Phi) is 5.99.